The highest BCUT2D eigenvalue weighted by molar-refractivity contribution is 5.60. The number of likely N-dealkylation sites (tertiary alicyclic amines) is 2. The van der Waals surface area contributed by atoms with Crippen LogP contribution in [0.1, 0.15) is 71.3 Å². The van der Waals surface area contributed by atoms with Crippen molar-refractivity contribution in [1.82, 2.24) is 19.8 Å². The van der Waals surface area contributed by atoms with Crippen molar-refractivity contribution < 1.29 is 26.8 Å². The summed E-state index contributed by atoms with van der Waals surface area (Å²) < 4.78 is 76.3. The molecule has 0 spiro atoms. The van der Waals surface area contributed by atoms with Gasteiger partial charge < -0.3 is 25.0 Å². The number of alkyl halides is 2. The van der Waals surface area contributed by atoms with Crippen molar-refractivity contribution in [1.29, 1.82) is 0 Å². The van der Waals surface area contributed by atoms with Gasteiger partial charge in [0.15, 0.2) is 23.1 Å². The number of rotatable bonds is 9. The smallest absolute Gasteiger partial charge is 0.387 e. The summed E-state index contributed by atoms with van der Waals surface area (Å²) in [4.78, 5) is 12.2. The third kappa shape index (κ3) is 7.28. The standard InChI is InChI=1S/C29H43F3N6O2/c1-18(2)38-12-10-21(11-13-38)39-23-9-8-19(14-24(23)40-26(31)32)35-27-33-17-22(30)25(36-27)34-20-15-28(3,4)37(7)29(5,6)16-20/h8-9,14,17-18,20-21,26H,10-13,15-16H2,1-7H3,(H2,33,34,35,36)/i7D3. The Labute approximate surface area is 239 Å². The van der Waals surface area contributed by atoms with Crippen molar-refractivity contribution in [2.24, 2.45) is 0 Å². The lowest BCUT2D eigenvalue weighted by Crippen LogP contribution is -2.61. The van der Waals surface area contributed by atoms with E-state index in [1.165, 1.54) is 11.0 Å². The maximum Gasteiger partial charge on any atom is 0.387 e. The lowest BCUT2D eigenvalue weighted by atomic mass is 9.77. The minimum absolute atomic E-state index is 0.0417. The van der Waals surface area contributed by atoms with Crippen LogP contribution < -0.4 is 20.1 Å². The van der Waals surface area contributed by atoms with Crippen LogP contribution in [0.3, 0.4) is 0 Å². The van der Waals surface area contributed by atoms with E-state index in [0.29, 0.717) is 24.6 Å². The second-order valence-corrected chi connectivity index (χ2v) is 12.2. The summed E-state index contributed by atoms with van der Waals surface area (Å²) in [5.74, 6) is -0.594. The van der Waals surface area contributed by atoms with E-state index in [9.17, 15) is 13.2 Å². The molecular formula is C29H43F3N6O2. The number of anilines is 3. The molecule has 3 heterocycles. The number of nitrogens with one attached hydrogen (secondary N) is 2. The largest absolute Gasteiger partial charge is 0.486 e. The van der Waals surface area contributed by atoms with Crippen LogP contribution in [0.15, 0.2) is 24.4 Å². The normalized spacial score (nSPS) is 22.0. The Hall–Kier alpha value is -2.79. The zero-order chi connectivity index (χ0) is 31.7. The van der Waals surface area contributed by atoms with Gasteiger partial charge >= 0.3 is 6.61 Å². The van der Waals surface area contributed by atoms with Crippen LogP contribution in [0.4, 0.5) is 30.6 Å². The fourth-order valence-electron chi connectivity index (χ4n) is 5.79. The molecular weight excluding hydrogens is 521 g/mol. The van der Waals surface area contributed by atoms with Gasteiger partial charge in [0.1, 0.15) is 6.10 Å². The van der Waals surface area contributed by atoms with E-state index < -0.39 is 30.5 Å². The molecule has 0 radical (unpaired) electrons. The van der Waals surface area contributed by atoms with Gasteiger partial charge in [0.2, 0.25) is 5.95 Å². The molecule has 1 aromatic heterocycles. The van der Waals surface area contributed by atoms with Gasteiger partial charge in [0.05, 0.1) is 6.20 Å². The molecule has 8 nitrogen and oxygen atoms in total. The molecule has 1 aromatic carbocycles. The topological polar surface area (TPSA) is 74.8 Å². The molecule has 0 unspecified atom stereocenters. The lowest BCUT2D eigenvalue weighted by Gasteiger charge is -2.53. The van der Waals surface area contributed by atoms with Crippen molar-refractivity contribution in [3.05, 3.63) is 30.2 Å². The second kappa shape index (κ2) is 12.0. The number of ether oxygens (including phenoxy) is 2. The van der Waals surface area contributed by atoms with Gasteiger partial charge in [-0.25, -0.2) is 9.37 Å². The highest BCUT2D eigenvalue weighted by Crippen LogP contribution is 2.38. The third-order valence-corrected chi connectivity index (χ3v) is 7.70. The van der Waals surface area contributed by atoms with E-state index in [4.69, 9.17) is 13.6 Å². The maximum absolute atomic E-state index is 14.8. The molecule has 0 atom stereocenters. The summed E-state index contributed by atoms with van der Waals surface area (Å²) in [5, 5.41) is 6.07. The molecule has 4 rings (SSSR count). The number of nitrogens with zero attached hydrogens (tertiary/aromatic N) is 4. The van der Waals surface area contributed by atoms with Gasteiger partial charge in [-0.1, -0.05) is 0 Å². The van der Waals surface area contributed by atoms with Gasteiger partial charge in [-0.05, 0) is 86.3 Å². The van der Waals surface area contributed by atoms with Crippen LogP contribution in [-0.2, 0) is 0 Å². The summed E-state index contributed by atoms with van der Waals surface area (Å²) in [6.07, 6.45) is 3.32. The monoisotopic (exact) mass is 567 g/mol. The summed E-state index contributed by atoms with van der Waals surface area (Å²) >= 11 is 0. The molecule has 2 aliphatic rings. The number of halogens is 3. The fourth-order valence-corrected chi connectivity index (χ4v) is 5.79. The minimum Gasteiger partial charge on any atom is -0.486 e. The number of piperidine rings is 2. The van der Waals surface area contributed by atoms with E-state index in [1.807, 2.05) is 27.7 Å². The van der Waals surface area contributed by atoms with Gasteiger partial charge in [-0.2, -0.15) is 13.8 Å². The summed E-state index contributed by atoms with van der Waals surface area (Å²) in [7, 11) is 0. The van der Waals surface area contributed by atoms with Crippen LogP contribution in [0.5, 0.6) is 11.5 Å². The molecule has 2 aliphatic heterocycles. The van der Waals surface area contributed by atoms with E-state index >= 15 is 0 Å². The minimum atomic E-state index is -3.05. The summed E-state index contributed by atoms with van der Waals surface area (Å²) in [5.41, 5.74) is -1.06. The van der Waals surface area contributed by atoms with Crippen molar-refractivity contribution in [2.45, 2.75) is 103 Å². The molecule has 2 aromatic rings. The number of benzene rings is 1. The molecule has 2 saturated heterocycles. The van der Waals surface area contributed by atoms with Crippen molar-refractivity contribution in [3.8, 4) is 11.5 Å². The molecule has 2 fully saturated rings. The average molecular weight is 568 g/mol. The van der Waals surface area contributed by atoms with Gasteiger partial charge in [0.25, 0.3) is 0 Å². The molecule has 222 valence electrons. The fraction of sp³-hybridized carbons (Fsp3) is 0.655. The first kappa shape index (κ1) is 26.1. The predicted molar refractivity (Wildman–Crippen MR) is 151 cm³/mol. The lowest BCUT2D eigenvalue weighted by molar-refractivity contribution is -0.0525. The van der Waals surface area contributed by atoms with Gasteiger partial charge in [-0.3, -0.25) is 4.90 Å². The van der Waals surface area contributed by atoms with Crippen molar-refractivity contribution >= 4 is 17.5 Å². The quantitative estimate of drug-likeness (QED) is 0.367. The van der Waals surface area contributed by atoms with Gasteiger partial charge in [0, 0.05) is 52.1 Å². The second-order valence-electron chi connectivity index (χ2n) is 12.2. The Bertz CT molecular complexity index is 1240. The Morgan fingerprint density at radius 3 is 2.35 bits per heavy atom. The Kier molecular flexibility index (Phi) is 7.83. The first-order valence-corrected chi connectivity index (χ1v) is 13.8. The molecule has 40 heavy (non-hydrogen) atoms. The highest BCUT2D eigenvalue weighted by Gasteiger charge is 2.43. The average Bonchev–Trinajstić information content (AvgIpc) is 2.85. The van der Waals surface area contributed by atoms with Crippen molar-refractivity contribution in [3.63, 3.8) is 0 Å². The van der Waals surface area contributed by atoms with Crippen LogP contribution >= 0.6 is 0 Å². The third-order valence-electron chi connectivity index (χ3n) is 7.70. The van der Waals surface area contributed by atoms with Crippen LogP contribution in [0.25, 0.3) is 0 Å². The molecule has 0 amide bonds. The van der Waals surface area contributed by atoms with E-state index in [1.54, 1.807) is 12.1 Å². The predicted octanol–water partition coefficient (Wildman–Crippen LogP) is 6.28. The zero-order valence-corrected chi connectivity index (χ0v) is 24.1. The van der Waals surface area contributed by atoms with E-state index in [2.05, 4.69) is 39.3 Å². The number of hydrogen-bond acceptors (Lipinski definition) is 8. The van der Waals surface area contributed by atoms with E-state index in [0.717, 1.165) is 32.1 Å². The molecule has 0 bridgehead atoms. The van der Waals surface area contributed by atoms with Gasteiger partial charge in [-0.15, -0.1) is 0 Å². The van der Waals surface area contributed by atoms with Crippen LogP contribution in [-0.4, -0.2) is 75.7 Å². The SMILES string of the molecule is [2H]C([2H])([2H])N1C(C)(C)CC(Nc2nc(Nc3ccc(OC4CCN(C(C)C)CC4)c(OC(F)F)c3)ncc2F)CC1(C)C. The summed E-state index contributed by atoms with van der Waals surface area (Å²) in [6, 6.07) is 4.73. The molecule has 0 aliphatic carbocycles. The highest BCUT2D eigenvalue weighted by atomic mass is 19.3. The maximum atomic E-state index is 14.8. The van der Waals surface area contributed by atoms with Crippen LogP contribution in [0.2, 0.25) is 0 Å². The molecule has 2 N–H and O–H groups in total. The summed E-state index contributed by atoms with van der Waals surface area (Å²) in [6.45, 7) is 8.10. The Balaban J connectivity index is 1.48. The first-order chi connectivity index (χ1) is 19.9. The van der Waals surface area contributed by atoms with Crippen molar-refractivity contribution in [2.75, 3.05) is 30.7 Å². The number of hydrogen-bond donors (Lipinski definition) is 2. The number of aromatic nitrogens is 2. The molecule has 11 heteroatoms. The molecule has 0 saturated carbocycles. The Morgan fingerprint density at radius 2 is 1.75 bits per heavy atom. The van der Waals surface area contributed by atoms with Crippen LogP contribution in [0, 0.1) is 5.82 Å². The van der Waals surface area contributed by atoms with E-state index in [-0.39, 0.29) is 35.4 Å². The first-order valence-electron chi connectivity index (χ1n) is 15.3. The zero-order valence-electron chi connectivity index (χ0n) is 27.1. The Morgan fingerprint density at radius 1 is 1.07 bits per heavy atom.